The molecule has 0 heterocycles. The molecule has 112 valence electrons. The number of carbonyl (C=O) groups excluding carboxylic acids is 1. The fourth-order valence-electron chi connectivity index (χ4n) is 2.64. The van der Waals surface area contributed by atoms with Crippen molar-refractivity contribution >= 4 is 24.0 Å². The SMILES string of the molecule is CC1(N)CCCCC1C(=O)Nc1cc(F)cc(F)c1.Cl. The third-order valence-corrected chi connectivity index (χ3v) is 3.70. The minimum atomic E-state index is -0.713. The number of benzene rings is 1. The van der Waals surface area contributed by atoms with Crippen LogP contribution in [0.4, 0.5) is 14.5 Å². The summed E-state index contributed by atoms with van der Waals surface area (Å²) in [6.45, 7) is 1.85. The number of rotatable bonds is 2. The van der Waals surface area contributed by atoms with Crippen molar-refractivity contribution in [3.05, 3.63) is 29.8 Å². The second kappa shape index (κ2) is 6.50. The standard InChI is InChI=1S/C14H18F2N2O.ClH/c1-14(17)5-3-2-4-12(14)13(19)18-11-7-9(15)6-10(16)8-11;/h6-8,12H,2-5,17H2,1H3,(H,18,19);1H. The summed E-state index contributed by atoms with van der Waals surface area (Å²) in [5.74, 6) is -2.02. The van der Waals surface area contributed by atoms with Gasteiger partial charge in [0.2, 0.25) is 5.91 Å². The quantitative estimate of drug-likeness (QED) is 0.881. The van der Waals surface area contributed by atoms with E-state index < -0.39 is 17.2 Å². The molecule has 0 aliphatic heterocycles. The summed E-state index contributed by atoms with van der Waals surface area (Å²) in [6.07, 6.45) is 3.44. The molecular formula is C14H19ClF2N2O. The highest BCUT2D eigenvalue weighted by Crippen LogP contribution is 2.32. The van der Waals surface area contributed by atoms with Crippen molar-refractivity contribution < 1.29 is 13.6 Å². The molecule has 20 heavy (non-hydrogen) atoms. The van der Waals surface area contributed by atoms with E-state index in [2.05, 4.69) is 5.32 Å². The van der Waals surface area contributed by atoms with Gasteiger partial charge in [-0.05, 0) is 31.9 Å². The van der Waals surface area contributed by atoms with E-state index in [0.717, 1.165) is 37.5 Å². The zero-order valence-electron chi connectivity index (χ0n) is 11.3. The molecular weight excluding hydrogens is 286 g/mol. The third kappa shape index (κ3) is 3.90. The van der Waals surface area contributed by atoms with Crippen LogP contribution in [0.5, 0.6) is 0 Å². The lowest BCUT2D eigenvalue weighted by Gasteiger charge is -2.37. The van der Waals surface area contributed by atoms with Gasteiger partial charge in [-0.15, -0.1) is 12.4 Å². The molecule has 2 atom stereocenters. The molecule has 1 aliphatic rings. The molecule has 3 N–H and O–H groups in total. The van der Waals surface area contributed by atoms with Gasteiger partial charge in [0.05, 0.1) is 5.92 Å². The Labute approximate surface area is 123 Å². The Morgan fingerprint density at radius 3 is 2.45 bits per heavy atom. The highest BCUT2D eigenvalue weighted by molar-refractivity contribution is 5.93. The van der Waals surface area contributed by atoms with E-state index in [1.807, 2.05) is 6.92 Å². The lowest BCUT2D eigenvalue weighted by atomic mass is 9.74. The van der Waals surface area contributed by atoms with Crippen LogP contribution in [0.15, 0.2) is 18.2 Å². The van der Waals surface area contributed by atoms with Gasteiger partial charge in [-0.3, -0.25) is 4.79 Å². The van der Waals surface area contributed by atoms with Gasteiger partial charge in [0.25, 0.3) is 0 Å². The molecule has 1 saturated carbocycles. The van der Waals surface area contributed by atoms with Crippen molar-refractivity contribution in [3.8, 4) is 0 Å². The first-order valence-corrected chi connectivity index (χ1v) is 6.44. The van der Waals surface area contributed by atoms with E-state index in [9.17, 15) is 13.6 Å². The van der Waals surface area contributed by atoms with Crippen LogP contribution in [0, 0.1) is 17.6 Å². The van der Waals surface area contributed by atoms with Crippen LogP contribution in [-0.2, 0) is 4.79 Å². The number of halogens is 3. The van der Waals surface area contributed by atoms with Crippen molar-refractivity contribution in [2.75, 3.05) is 5.32 Å². The largest absolute Gasteiger partial charge is 0.326 e. The maximum absolute atomic E-state index is 13.1. The molecule has 3 nitrogen and oxygen atoms in total. The highest BCUT2D eigenvalue weighted by Gasteiger charge is 2.37. The summed E-state index contributed by atoms with van der Waals surface area (Å²) in [6, 6.07) is 2.96. The molecule has 2 rings (SSSR count). The van der Waals surface area contributed by atoms with Crippen molar-refractivity contribution in [1.82, 2.24) is 0 Å². The van der Waals surface area contributed by atoms with Crippen molar-refractivity contribution in [3.63, 3.8) is 0 Å². The average Bonchev–Trinajstić information content (AvgIpc) is 2.26. The summed E-state index contributed by atoms with van der Waals surface area (Å²) in [5.41, 5.74) is 5.69. The first-order valence-electron chi connectivity index (χ1n) is 6.44. The van der Waals surface area contributed by atoms with Gasteiger partial charge in [-0.1, -0.05) is 12.8 Å². The number of hydrogen-bond donors (Lipinski definition) is 2. The van der Waals surface area contributed by atoms with E-state index in [1.54, 1.807) is 0 Å². The lowest BCUT2D eigenvalue weighted by molar-refractivity contribution is -0.122. The van der Waals surface area contributed by atoms with Crippen molar-refractivity contribution in [1.29, 1.82) is 0 Å². The van der Waals surface area contributed by atoms with Gasteiger partial charge in [0, 0.05) is 17.3 Å². The maximum atomic E-state index is 13.1. The molecule has 1 aromatic carbocycles. The van der Waals surface area contributed by atoms with Gasteiger partial charge in [0.1, 0.15) is 11.6 Å². The van der Waals surface area contributed by atoms with Crippen molar-refractivity contribution in [2.45, 2.75) is 38.1 Å². The number of anilines is 1. The molecule has 1 amide bonds. The second-order valence-electron chi connectivity index (χ2n) is 5.45. The molecule has 2 unspecified atom stereocenters. The number of hydrogen-bond acceptors (Lipinski definition) is 2. The Balaban J connectivity index is 0.00000200. The fourth-order valence-corrected chi connectivity index (χ4v) is 2.64. The Kier molecular flexibility index (Phi) is 5.48. The van der Waals surface area contributed by atoms with Crippen LogP contribution >= 0.6 is 12.4 Å². The lowest BCUT2D eigenvalue weighted by Crippen LogP contribution is -2.51. The van der Waals surface area contributed by atoms with Crippen LogP contribution in [-0.4, -0.2) is 11.4 Å². The molecule has 0 radical (unpaired) electrons. The first kappa shape index (κ1) is 16.9. The molecule has 1 aromatic rings. The molecule has 0 spiro atoms. The van der Waals surface area contributed by atoms with E-state index in [0.29, 0.717) is 6.42 Å². The third-order valence-electron chi connectivity index (χ3n) is 3.70. The predicted molar refractivity (Wildman–Crippen MR) is 76.8 cm³/mol. The summed E-state index contributed by atoms with van der Waals surface area (Å²) < 4.78 is 26.1. The van der Waals surface area contributed by atoms with E-state index in [-0.39, 0.29) is 29.9 Å². The van der Waals surface area contributed by atoms with Gasteiger partial charge in [-0.2, -0.15) is 0 Å². The zero-order chi connectivity index (χ0) is 14.0. The summed E-state index contributed by atoms with van der Waals surface area (Å²) in [4.78, 5) is 12.2. The molecule has 1 aliphatic carbocycles. The van der Waals surface area contributed by atoms with Crippen LogP contribution in [0.3, 0.4) is 0 Å². The molecule has 0 bridgehead atoms. The average molecular weight is 305 g/mol. The summed E-state index contributed by atoms with van der Waals surface area (Å²) >= 11 is 0. The molecule has 0 saturated heterocycles. The van der Waals surface area contributed by atoms with Crippen LogP contribution in [0.1, 0.15) is 32.6 Å². The normalized spacial score (nSPS) is 25.7. The molecule has 6 heteroatoms. The highest BCUT2D eigenvalue weighted by atomic mass is 35.5. The number of nitrogens with two attached hydrogens (primary N) is 1. The smallest absolute Gasteiger partial charge is 0.229 e. The minimum absolute atomic E-state index is 0. The number of carbonyl (C=O) groups is 1. The van der Waals surface area contributed by atoms with Gasteiger partial charge in [-0.25, -0.2) is 8.78 Å². The molecule has 0 aromatic heterocycles. The molecule has 1 fully saturated rings. The van der Waals surface area contributed by atoms with E-state index in [1.165, 1.54) is 0 Å². The minimum Gasteiger partial charge on any atom is -0.326 e. The van der Waals surface area contributed by atoms with Gasteiger partial charge < -0.3 is 11.1 Å². The maximum Gasteiger partial charge on any atom is 0.229 e. The summed E-state index contributed by atoms with van der Waals surface area (Å²) in [7, 11) is 0. The number of amides is 1. The second-order valence-corrected chi connectivity index (χ2v) is 5.45. The van der Waals surface area contributed by atoms with Gasteiger partial charge >= 0.3 is 0 Å². The van der Waals surface area contributed by atoms with Crippen LogP contribution in [0.2, 0.25) is 0 Å². The number of nitrogens with one attached hydrogen (secondary N) is 1. The Bertz CT molecular complexity index is 474. The fraction of sp³-hybridized carbons (Fsp3) is 0.500. The summed E-state index contributed by atoms with van der Waals surface area (Å²) in [5, 5.41) is 2.55. The van der Waals surface area contributed by atoms with E-state index >= 15 is 0 Å². The van der Waals surface area contributed by atoms with Crippen LogP contribution in [0.25, 0.3) is 0 Å². The van der Waals surface area contributed by atoms with Crippen molar-refractivity contribution in [2.24, 2.45) is 11.7 Å². The van der Waals surface area contributed by atoms with Crippen LogP contribution < -0.4 is 11.1 Å². The first-order chi connectivity index (χ1) is 8.88. The van der Waals surface area contributed by atoms with Gasteiger partial charge in [0.15, 0.2) is 0 Å². The Hall–Kier alpha value is -1.20. The Morgan fingerprint density at radius 1 is 1.30 bits per heavy atom. The Morgan fingerprint density at radius 2 is 1.90 bits per heavy atom. The monoisotopic (exact) mass is 304 g/mol. The zero-order valence-corrected chi connectivity index (χ0v) is 12.1. The predicted octanol–water partition coefficient (Wildman–Crippen LogP) is 3.23. The van der Waals surface area contributed by atoms with E-state index in [4.69, 9.17) is 5.73 Å². The topological polar surface area (TPSA) is 55.1 Å².